The lowest BCUT2D eigenvalue weighted by atomic mass is 10.2. The molecule has 0 aliphatic carbocycles. The second kappa shape index (κ2) is 8.88. The van der Waals surface area contributed by atoms with Crippen LogP contribution in [0.15, 0.2) is 48.5 Å². The molecule has 2 N–H and O–H groups in total. The summed E-state index contributed by atoms with van der Waals surface area (Å²) in [6, 6.07) is 12.5. The van der Waals surface area contributed by atoms with E-state index in [1.807, 2.05) is 0 Å². The number of rotatable bonds is 6. The number of amides is 2. The van der Waals surface area contributed by atoms with Gasteiger partial charge in [0.25, 0.3) is 0 Å². The standard InChI is InChI=1S/C17H16ClFN2O3/c18-15-4-2-1-3-12(15)11-21-17(23)16(22)20-9-10-24-14-7-5-13(19)6-8-14/h1-8H,9-11H2,(H,20,22)(H,21,23). The minimum Gasteiger partial charge on any atom is -0.492 e. The van der Waals surface area contributed by atoms with Gasteiger partial charge in [-0.25, -0.2) is 4.39 Å². The van der Waals surface area contributed by atoms with Gasteiger partial charge in [0.2, 0.25) is 0 Å². The summed E-state index contributed by atoms with van der Waals surface area (Å²) >= 11 is 5.97. The van der Waals surface area contributed by atoms with Crippen molar-refractivity contribution < 1.29 is 18.7 Å². The second-order valence-electron chi connectivity index (χ2n) is 4.83. The molecule has 0 aromatic heterocycles. The molecule has 2 amide bonds. The summed E-state index contributed by atoms with van der Waals surface area (Å²) < 4.78 is 18.0. The molecule has 0 bridgehead atoms. The molecule has 0 aliphatic heterocycles. The van der Waals surface area contributed by atoms with E-state index in [1.165, 1.54) is 24.3 Å². The molecule has 0 spiro atoms. The van der Waals surface area contributed by atoms with Crippen LogP contribution in [0, 0.1) is 5.82 Å². The Labute approximate surface area is 143 Å². The molecule has 2 rings (SSSR count). The molecule has 2 aromatic carbocycles. The van der Waals surface area contributed by atoms with Crippen molar-refractivity contribution in [3.05, 3.63) is 64.9 Å². The van der Waals surface area contributed by atoms with Gasteiger partial charge in [-0.3, -0.25) is 9.59 Å². The number of nitrogens with one attached hydrogen (secondary N) is 2. The number of halogens is 2. The van der Waals surface area contributed by atoms with Crippen LogP contribution in [-0.4, -0.2) is 25.0 Å². The third kappa shape index (κ3) is 5.55. The van der Waals surface area contributed by atoms with Crippen molar-refractivity contribution in [3.8, 4) is 5.75 Å². The lowest BCUT2D eigenvalue weighted by Gasteiger charge is -2.09. The average Bonchev–Trinajstić information content (AvgIpc) is 2.59. The maximum absolute atomic E-state index is 12.7. The topological polar surface area (TPSA) is 67.4 Å². The molecular weight excluding hydrogens is 335 g/mol. The number of benzene rings is 2. The first-order chi connectivity index (χ1) is 11.6. The van der Waals surface area contributed by atoms with Crippen LogP contribution >= 0.6 is 11.6 Å². The molecular formula is C17H16ClFN2O3. The van der Waals surface area contributed by atoms with Crippen molar-refractivity contribution in [1.29, 1.82) is 0 Å². The zero-order valence-electron chi connectivity index (χ0n) is 12.7. The second-order valence-corrected chi connectivity index (χ2v) is 5.24. The molecule has 0 saturated heterocycles. The van der Waals surface area contributed by atoms with Gasteiger partial charge in [-0.15, -0.1) is 0 Å². The number of carbonyl (C=O) groups excluding carboxylic acids is 2. The van der Waals surface area contributed by atoms with E-state index in [4.69, 9.17) is 16.3 Å². The third-order valence-corrected chi connectivity index (χ3v) is 3.44. The quantitative estimate of drug-likeness (QED) is 0.620. The Morgan fingerprint density at radius 3 is 2.38 bits per heavy atom. The average molecular weight is 351 g/mol. The Hall–Kier alpha value is -2.60. The molecule has 7 heteroatoms. The Morgan fingerprint density at radius 1 is 1.00 bits per heavy atom. The molecule has 0 saturated carbocycles. The molecule has 0 heterocycles. The first-order valence-corrected chi connectivity index (χ1v) is 7.62. The Morgan fingerprint density at radius 2 is 1.67 bits per heavy atom. The summed E-state index contributed by atoms with van der Waals surface area (Å²) in [6.45, 7) is 0.475. The van der Waals surface area contributed by atoms with E-state index in [1.54, 1.807) is 24.3 Å². The maximum atomic E-state index is 12.7. The maximum Gasteiger partial charge on any atom is 0.309 e. The monoisotopic (exact) mass is 350 g/mol. The minimum atomic E-state index is -0.759. The predicted molar refractivity (Wildman–Crippen MR) is 88.2 cm³/mol. The molecule has 0 unspecified atom stereocenters. The SMILES string of the molecule is O=C(NCCOc1ccc(F)cc1)C(=O)NCc1ccccc1Cl. The fraction of sp³-hybridized carbons (Fsp3) is 0.176. The number of hydrogen-bond donors (Lipinski definition) is 2. The van der Waals surface area contributed by atoms with E-state index in [9.17, 15) is 14.0 Å². The van der Waals surface area contributed by atoms with Crippen LogP contribution in [0.3, 0.4) is 0 Å². The van der Waals surface area contributed by atoms with E-state index in [2.05, 4.69) is 10.6 Å². The molecule has 0 radical (unpaired) electrons. The van der Waals surface area contributed by atoms with Gasteiger partial charge in [0.1, 0.15) is 18.2 Å². The summed E-state index contributed by atoms with van der Waals surface area (Å²) in [5, 5.41) is 5.44. The fourth-order valence-electron chi connectivity index (χ4n) is 1.84. The zero-order chi connectivity index (χ0) is 17.4. The molecule has 126 valence electrons. The van der Waals surface area contributed by atoms with Crippen LogP contribution in [0.2, 0.25) is 5.02 Å². The van der Waals surface area contributed by atoms with Crippen molar-refractivity contribution in [1.82, 2.24) is 10.6 Å². The van der Waals surface area contributed by atoms with Gasteiger partial charge in [-0.2, -0.15) is 0 Å². The van der Waals surface area contributed by atoms with E-state index in [-0.39, 0.29) is 25.5 Å². The smallest absolute Gasteiger partial charge is 0.309 e. The van der Waals surface area contributed by atoms with Crippen LogP contribution in [-0.2, 0) is 16.1 Å². The molecule has 0 atom stereocenters. The van der Waals surface area contributed by atoms with Gasteiger partial charge in [-0.1, -0.05) is 29.8 Å². The highest BCUT2D eigenvalue weighted by atomic mass is 35.5. The number of hydrogen-bond acceptors (Lipinski definition) is 3. The Kier molecular flexibility index (Phi) is 6.57. The first-order valence-electron chi connectivity index (χ1n) is 7.24. The largest absolute Gasteiger partial charge is 0.492 e. The Bertz CT molecular complexity index is 707. The minimum absolute atomic E-state index is 0.149. The highest BCUT2D eigenvalue weighted by Crippen LogP contribution is 2.14. The van der Waals surface area contributed by atoms with Crippen molar-refractivity contribution in [2.24, 2.45) is 0 Å². The van der Waals surface area contributed by atoms with E-state index < -0.39 is 11.8 Å². The van der Waals surface area contributed by atoms with Gasteiger partial charge >= 0.3 is 11.8 Å². The summed E-state index contributed by atoms with van der Waals surface area (Å²) in [5.41, 5.74) is 0.722. The molecule has 0 aliphatic rings. The highest BCUT2D eigenvalue weighted by molar-refractivity contribution is 6.35. The highest BCUT2D eigenvalue weighted by Gasteiger charge is 2.12. The van der Waals surface area contributed by atoms with Gasteiger partial charge in [0.05, 0.1) is 6.54 Å². The van der Waals surface area contributed by atoms with Gasteiger partial charge < -0.3 is 15.4 Å². The van der Waals surface area contributed by atoms with E-state index in [0.29, 0.717) is 10.8 Å². The van der Waals surface area contributed by atoms with Crippen molar-refractivity contribution >= 4 is 23.4 Å². The lowest BCUT2D eigenvalue weighted by molar-refractivity contribution is -0.139. The molecule has 24 heavy (non-hydrogen) atoms. The molecule has 5 nitrogen and oxygen atoms in total. The number of carbonyl (C=O) groups is 2. The van der Waals surface area contributed by atoms with Crippen molar-refractivity contribution in [3.63, 3.8) is 0 Å². The van der Waals surface area contributed by atoms with Gasteiger partial charge in [0, 0.05) is 11.6 Å². The zero-order valence-corrected chi connectivity index (χ0v) is 13.5. The van der Waals surface area contributed by atoms with Gasteiger partial charge in [0.15, 0.2) is 0 Å². The van der Waals surface area contributed by atoms with Crippen LogP contribution in [0.5, 0.6) is 5.75 Å². The lowest BCUT2D eigenvalue weighted by Crippen LogP contribution is -2.41. The summed E-state index contributed by atoms with van der Waals surface area (Å²) in [7, 11) is 0. The van der Waals surface area contributed by atoms with E-state index in [0.717, 1.165) is 5.56 Å². The van der Waals surface area contributed by atoms with E-state index >= 15 is 0 Å². The third-order valence-electron chi connectivity index (χ3n) is 3.07. The van der Waals surface area contributed by atoms with Crippen LogP contribution in [0.1, 0.15) is 5.56 Å². The van der Waals surface area contributed by atoms with Crippen LogP contribution < -0.4 is 15.4 Å². The van der Waals surface area contributed by atoms with Crippen LogP contribution in [0.4, 0.5) is 4.39 Å². The van der Waals surface area contributed by atoms with Crippen LogP contribution in [0.25, 0.3) is 0 Å². The Balaban J connectivity index is 1.67. The summed E-state index contributed by atoms with van der Waals surface area (Å²) in [4.78, 5) is 23.3. The van der Waals surface area contributed by atoms with Crippen molar-refractivity contribution in [2.75, 3.05) is 13.2 Å². The van der Waals surface area contributed by atoms with Crippen molar-refractivity contribution in [2.45, 2.75) is 6.54 Å². The normalized spacial score (nSPS) is 10.1. The van der Waals surface area contributed by atoms with Gasteiger partial charge in [-0.05, 0) is 35.9 Å². The molecule has 2 aromatic rings. The summed E-state index contributed by atoms with van der Waals surface area (Å²) in [5.74, 6) is -1.39. The fourth-order valence-corrected chi connectivity index (χ4v) is 2.04. The predicted octanol–water partition coefficient (Wildman–Crippen LogP) is 2.29. The molecule has 0 fully saturated rings. The number of ether oxygens (including phenoxy) is 1. The first kappa shape index (κ1) is 17.7. The summed E-state index contributed by atoms with van der Waals surface area (Å²) in [6.07, 6.45) is 0.